The second kappa shape index (κ2) is 13.7. The number of aryl methyl sites for hydroxylation is 1. The van der Waals surface area contributed by atoms with Crippen LogP contribution in [0, 0.1) is 6.92 Å². The van der Waals surface area contributed by atoms with Crippen molar-refractivity contribution in [2.24, 2.45) is 4.99 Å². The van der Waals surface area contributed by atoms with Gasteiger partial charge in [-0.05, 0) is 25.5 Å². The molecule has 7 nitrogen and oxygen atoms in total. The van der Waals surface area contributed by atoms with E-state index in [1.807, 2.05) is 17.9 Å². The molecule has 1 aliphatic rings. The smallest absolute Gasteiger partial charge is 0.422 e. The number of hydrogen-bond acceptors (Lipinski definition) is 4. The quantitative estimate of drug-likeness (QED) is 0.286. The third kappa shape index (κ3) is 10.2. The van der Waals surface area contributed by atoms with Crippen molar-refractivity contribution in [3.63, 3.8) is 0 Å². The fraction of sp³-hybridized carbons (Fsp3) is 0.619. The van der Waals surface area contributed by atoms with E-state index in [4.69, 9.17) is 4.74 Å². The van der Waals surface area contributed by atoms with Crippen LogP contribution in [-0.4, -0.2) is 80.3 Å². The zero-order valence-corrected chi connectivity index (χ0v) is 21.1. The van der Waals surface area contributed by atoms with Gasteiger partial charge in [0.25, 0.3) is 0 Å². The topological polar surface area (TPSA) is 69.2 Å². The first-order chi connectivity index (χ1) is 14.7. The molecule has 0 aromatic heterocycles. The Hall–Kier alpha value is -1.76. The van der Waals surface area contributed by atoms with Crippen molar-refractivity contribution in [1.29, 1.82) is 0 Å². The molecule has 1 aliphatic heterocycles. The van der Waals surface area contributed by atoms with E-state index in [9.17, 15) is 18.0 Å². The van der Waals surface area contributed by atoms with Gasteiger partial charge in [0.15, 0.2) is 12.6 Å². The molecule has 1 aromatic rings. The SMILES string of the molecule is CCNC(=NCc1ccc(C)cc1OCC(F)(F)F)NCCN1CCN(C(C)=O)CC1.I. The van der Waals surface area contributed by atoms with Crippen molar-refractivity contribution in [2.75, 3.05) is 52.4 Å². The molecule has 2 rings (SSSR count). The molecule has 1 saturated heterocycles. The lowest BCUT2D eigenvalue weighted by atomic mass is 10.1. The van der Waals surface area contributed by atoms with Crippen molar-refractivity contribution in [2.45, 2.75) is 33.5 Å². The van der Waals surface area contributed by atoms with Gasteiger partial charge in [-0.25, -0.2) is 4.99 Å². The van der Waals surface area contributed by atoms with Crippen molar-refractivity contribution < 1.29 is 22.7 Å². The van der Waals surface area contributed by atoms with Gasteiger partial charge >= 0.3 is 6.18 Å². The molecule has 1 heterocycles. The largest absolute Gasteiger partial charge is 0.484 e. The maximum atomic E-state index is 12.5. The van der Waals surface area contributed by atoms with E-state index in [1.54, 1.807) is 26.0 Å². The first-order valence-electron chi connectivity index (χ1n) is 10.5. The number of nitrogens with one attached hydrogen (secondary N) is 2. The average Bonchev–Trinajstić information content (AvgIpc) is 2.71. The first-order valence-corrected chi connectivity index (χ1v) is 10.5. The summed E-state index contributed by atoms with van der Waals surface area (Å²) < 4.78 is 42.6. The van der Waals surface area contributed by atoms with Gasteiger partial charge in [-0.15, -0.1) is 24.0 Å². The predicted octanol–water partition coefficient (Wildman–Crippen LogP) is 2.77. The van der Waals surface area contributed by atoms with Crippen molar-refractivity contribution >= 4 is 35.8 Å². The second-order valence-electron chi connectivity index (χ2n) is 7.48. The number of carbonyl (C=O) groups excluding carboxylic acids is 1. The molecule has 2 N–H and O–H groups in total. The van der Waals surface area contributed by atoms with Crippen LogP contribution in [0.4, 0.5) is 13.2 Å². The molecular formula is C21H33F3IN5O2. The molecule has 0 unspecified atom stereocenters. The highest BCUT2D eigenvalue weighted by Gasteiger charge is 2.28. The van der Waals surface area contributed by atoms with Crippen molar-refractivity contribution in [3.05, 3.63) is 29.3 Å². The van der Waals surface area contributed by atoms with Crippen LogP contribution in [-0.2, 0) is 11.3 Å². The van der Waals surface area contributed by atoms with Gasteiger partial charge in [0.05, 0.1) is 6.54 Å². The Balaban J connectivity index is 0.00000512. The van der Waals surface area contributed by atoms with Crippen LogP contribution in [0.3, 0.4) is 0 Å². The minimum absolute atomic E-state index is 0. The molecule has 0 spiro atoms. The van der Waals surface area contributed by atoms with Crippen LogP contribution < -0.4 is 15.4 Å². The Morgan fingerprint density at radius 2 is 1.88 bits per heavy atom. The van der Waals surface area contributed by atoms with Crippen molar-refractivity contribution in [1.82, 2.24) is 20.4 Å². The lowest BCUT2D eigenvalue weighted by Crippen LogP contribution is -2.50. The monoisotopic (exact) mass is 571 g/mol. The van der Waals surface area contributed by atoms with Crippen LogP contribution in [0.1, 0.15) is 25.0 Å². The Morgan fingerprint density at radius 3 is 2.47 bits per heavy atom. The van der Waals surface area contributed by atoms with E-state index in [1.165, 1.54) is 0 Å². The summed E-state index contributed by atoms with van der Waals surface area (Å²) in [7, 11) is 0. The normalized spacial score (nSPS) is 15.2. The predicted molar refractivity (Wildman–Crippen MR) is 130 cm³/mol. The molecular weight excluding hydrogens is 538 g/mol. The third-order valence-electron chi connectivity index (χ3n) is 4.90. The third-order valence-corrected chi connectivity index (χ3v) is 4.90. The van der Waals surface area contributed by atoms with Gasteiger partial charge < -0.3 is 20.3 Å². The number of rotatable bonds is 8. The lowest BCUT2D eigenvalue weighted by molar-refractivity contribution is -0.153. The zero-order chi connectivity index (χ0) is 22.9. The minimum Gasteiger partial charge on any atom is -0.484 e. The number of aliphatic imine (C=N–C) groups is 1. The Kier molecular flexibility index (Phi) is 12.1. The molecule has 1 fully saturated rings. The number of amides is 1. The molecule has 11 heteroatoms. The fourth-order valence-electron chi connectivity index (χ4n) is 3.21. The summed E-state index contributed by atoms with van der Waals surface area (Å²) in [4.78, 5) is 20.0. The number of benzene rings is 1. The zero-order valence-electron chi connectivity index (χ0n) is 18.8. The Morgan fingerprint density at radius 1 is 1.19 bits per heavy atom. The first kappa shape index (κ1) is 28.3. The number of ether oxygens (including phenoxy) is 1. The van der Waals surface area contributed by atoms with Crippen LogP contribution in [0.25, 0.3) is 0 Å². The van der Waals surface area contributed by atoms with E-state index >= 15 is 0 Å². The molecule has 0 bridgehead atoms. The lowest BCUT2D eigenvalue weighted by Gasteiger charge is -2.34. The van der Waals surface area contributed by atoms with Crippen molar-refractivity contribution in [3.8, 4) is 5.75 Å². The van der Waals surface area contributed by atoms with Crippen LogP contribution in [0.2, 0.25) is 0 Å². The molecule has 1 aromatic carbocycles. The Bertz CT molecular complexity index is 753. The number of hydrogen-bond donors (Lipinski definition) is 2. The minimum atomic E-state index is -4.39. The van der Waals surface area contributed by atoms with E-state index in [0.717, 1.165) is 38.3 Å². The number of nitrogens with zero attached hydrogens (tertiary/aromatic N) is 3. The number of alkyl halides is 3. The number of carbonyl (C=O) groups is 1. The summed E-state index contributed by atoms with van der Waals surface area (Å²) in [5, 5.41) is 6.40. The van der Waals surface area contributed by atoms with Gasteiger partial charge in [-0.1, -0.05) is 12.1 Å². The maximum Gasteiger partial charge on any atom is 0.422 e. The average molecular weight is 571 g/mol. The van der Waals surface area contributed by atoms with E-state index in [-0.39, 0.29) is 42.2 Å². The van der Waals surface area contributed by atoms with E-state index in [0.29, 0.717) is 24.6 Å². The summed E-state index contributed by atoms with van der Waals surface area (Å²) in [6, 6.07) is 5.16. The fourth-order valence-corrected chi connectivity index (χ4v) is 3.21. The van der Waals surface area contributed by atoms with E-state index in [2.05, 4.69) is 20.5 Å². The molecule has 32 heavy (non-hydrogen) atoms. The summed E-state index contributed by atoms with van der Waals surface area (Å²) in [5.41, 5.74) is 1.41. The maximum absolute atomic E-state index is 12.5. The van der Waals surface area contributed by atoms with Crippen LogP contribution >= 0.6 is 24.0 Å². The highest BCUT2D eigenvalue weighted by Crippen LogP contribution is 2.24. The van der Waals surface area contributed by atoms with Gasteiger partial charge in [0, 0.05) is 58.3 Å². The molecule has 0 radical (unpaired) electrons. The molecule has 0 atom stereocenters. The van der Waals surface area contributed by atoms with E-state index < -0.39 is 12.8 Å². The molecule has 182 valence electrons. The van der Waals surface area contributed by atoms with Crippen LogP contribution in [0.5, 0.6) is 5.75 Å². The van der Waals surface area contributed by atoms with Gasteiger partial charge in [-0.3, -0.25) is 9.69 Å². The molecule has 0 aliphatic carbocycles. The van der Waals surface area contributed by atoms with Crippen LogP contribution in [0.15, 0.2) is 23.2 Å². The molecule has 0 saturated carbocycles. The highest BCUT2D eigenvalue weighted by molar-refractivity contribution is 14.0. The Labute approximate surface area is 204 Å². The second-order valence-corrected chi connectivity index (χ2v) is 7.48. The highest BCUT2D eigenvalue weighted by atomic mass is 127. The summed E-state index contributed by atoms with van der Waals surface area (Å²) in [6.07, 6.45) is -4.39. The van der Waals surface area contributed by atoms with Gasteiger partial charge in [-0.2, -0.15) is 13.2 Å². The number of halogens is 4. The van der Waals surface area contributed by atoms with Gasteiger partial charge in [0.1, 0.15) is 5.75 Å². The van der Waals surface area contributed by atoms with Gasteiger partial charge in [0.2, 0.25) is 5.91 Å². The number of guanidine groups is 1. The summed E-state index contributed by atoms with van der Waals surface area (Å²) in [5.74, 6) is 0.890. The summed E-state index contributed by atoms with van der Waals surface area (Å²) in [6.45, 7) is 9.46. The molecule has 1 amide bonds. The number of piperazine rings is 1. The standard InChI is InChI=1S/C21H32F3N5O2.HI/c1-4-25-20(26-7-8-28-9-11-29(12-10-28)17(3)30)27-14-18-6-5-16(2)13-19(18)31-15-21(22,23)24;/h5-6,13H,4,7-12,14-15H2,1-3H3,(H2,25,26,27);1H. The summed E-state index contributed by atoms with van der Waals surface area (Å²) >= 11 is 0.